The van der Waals surface area contributed by atoms with Crippen LogP contribution in [0, 0.1) is 5.82 Å². The molecule has 7 nitrogen and oxygen atoms in total. The molecule has 1 fully saturated rings. The average molecular weight is 474 g/mol. The summed E-state index contributed by atoms with van der Waals surface area (Å²) >= 11 is 6.00. The van der Waals surface area contributed by atoms with Gasteiger partial charge in [-0.15, -0.1) is 0 Å². The largest absolute Gasteiger partial charge is 0.440 e. The Labute approximate surface area is 195 Å². The molecule has 1 atom stereocenters. The first-order chi connectivity index (χ1) is 15.7. The Balaban J connectivity index is 1.85. The molecule has 1 aliphatic rings. The maximum atomic E-state index is 13.9. The monoisotopic (exact) mass is 473 g/mol. The van der Waals surface area contributed by atoms with Crippen molar-refractivity contribution in [3.05, 3.63) is 68.6 Å². The zero-order chi connectivity index (χ0) is 23.7. The van der Waals surface area contributed by atoms with E-state index in [9.17, 15) is 14.0 Å². The summed E-state index contributed by atoms with van der Waals surface area (Å²) in [5, 5.41) is 3.76. The number of hydrogen-bond acceptors (Lipinski definition) is 6. The van der Waals surface area contributed by atoms with Crippen LogP contribution in [0.2, 0.25) is 5.02 Å². The molecule has 1 saturated heterocycles. The van der Waals surface area contributed by atoms with Gasteiger partial charge in [0.05, 0.1) is 24.6 Å². The van der Waals surface area contributed by atoms with E-state index in [1.165, 1.54) is 23.1 Å². The summed E-state index contributed by atoms with van der Waals surface area (Å²) in [7, 11) is 3.29. The number of morpholine rings is 1. The molecule has 0 spiro atoms. The minimum Gasteiger partial charge on any atom is -0.440 e. The van der Waals surface area contributed by atoms with E-state index in [1.54, 1.807) is 32.3 Å². The van der Waals surface area contributed by atoms with Crippen LogP contribution < -0.4 is 15.6 Å². The Morgan fingerprint density at radius 2 is 1.88 bits per heavy atom. The Hall–Kier alpha value is -3.10. The molecule has 0 unspecified atom stereocenters. The van der Waals surface area contributed by atoms with Gasteiger partial charge in [-0.3, -0.25) is 9.59 Å². The molecule has 1 aromatic heterocycles. The van der Waals surface area contributed by atoms with Crippen molar-refractivity contribution in [3.63, 3.8) is 0 Å². The fourth-order valence-electron chi connectivity index (χ4n) is 3.88. The zero-order valence-electron chi connectivity index (χ0n) is 18.7. The number of amides is 1. The fourth-order valence-corrected chi connectivity index (χ4v) is 4.10. The highest BCUT2D eigenvalue weighted by molar-refractivity contribution is 6.30. The van der Waals surface area contributed by atoms with Gasteiger partial charge >= 0.3 is 0 Å². The van der Waals surface area contributed by atoms with E-state index < -0.39 is 11.9 Å². The summed E-state index contributed by atoms with van der Waals surface area (Å²) in [5.41, 5.74) is 1.57. The van der Waals surface area contributed by atoms with Crippen molar-refractivity contribution >= 4 is 40.0 Å². The van der Waals surface area contributed by atoms with E-state index >= 15 is 0 Å². The highest BCUT2D eigenvalue weighted by atomic mass is 35.5. The van der Waals surface area contributed by atoms with Gasteiger partial charge in [0, 0.05) is 55.1 Å². The number of nitrogens with zero attached hydrogens (tertiary/aromatic N) is 2. The molecule has 1 N–H and O–H groups in total. The second-order valence-electron chi connectivity index (χ2n) is 8.21. The summed E-state index contributed by atoms with van der Waals surface area (Å²) < 4.78 is 25.5. The molecule has 4 rings (SSSR count). The van der Waals surface area contributed by atoms with Crippen molar-refractivity contribution < 1.29 is 18.3 Å². The van der Waals surface area contributed by atoms with Gasteiger partial charge in [-0.2, -0.15) is 0 Å². The summed E-state index contributed by atoms with van der Waals surface area (Å²) in [5.74, 6) is -0.264. The maximum absolute atomic E-state index is 13.9. The van der Waals surface area contributed by atoms with E-state index in [0.717, 1.165) is 0 Å². The van der Waals surface area contributed by atoms with E-state index in [0.29, 0.717) is 60.0 Å². The van der Waals surface area contributed by atoms with Crippen LogP contribution in [0.25, 0.3) is 11.0 Å². The van der Waals surface area contributed by atoms with Crippen molar-refractivity contribution in [1.29, 1.82) is 0 Å². The topological polar surface area (TPSA) is 75.0 Å². The van der Waals surface area contributed by atoms with Crippen molar-refractivity contribution in [2.45, 2.75) is 13.0 Å². The van der Waals surface area contributed by atoms with E-state index in [2.05, 4.69) is 5.32 Å². The molecule has 1 aliphatic heterocycles. The van der Waals surface area contributed by atoms with Crippen molar-refractivity contribution in [1.82, 2.24) is 4.90 Å². The van der Waals surface area contributed by atoms with Crippen LogP contribution in [-0.2, 0) is 4.74 Å². The first kappa shape index (κ1) is 23.1. The number of carbonyl (C=O) groups is 1. The number of rotatable bonds is 5. The van der Waals surface area contributed by atoms with Crippen LogP contribution >= 0.6 is 11.6 Å². The lowest BCUT2D eigenvalue weighted by Crippen LogP contribution is -2.36. The lowest BCUT2D eigenvalue weighted by molar-refractivity contribution is 0.0827. The molecular formula is C24H25ClFN3O4. The summed E-state index contributed by atoms with van der Waals surface area (Å²) in [4.78, 5) is 29.2. The third-order valence-electron chi connectivity index (χ3n) is 5.53. The van der Waals surface area contributed by atoms with Gasteiger partial charge in [-0.05, 0) is 37.3 Å². The van der Waals surface area contributed by atoms with Gasteiger partial charge in [0.2, 0.25) is 0 Å². The van der Waals surface area contributed by atoms with Gasteiger partial charge in [0.25, 0.3) is 5.91 Å². The Morgan fingerprint density at radius 1 is 1.15 bits per heavy atom. The Kier molecular flexibility index (Phi) is 6.58. The second-order valence-corrected chi connectivity index (χ2v) is 8.65. The maximum Gasteiger partial charge on any atom is 0.253 e. The van der Waals surface area contributed by atoms with E-state index in [4.69, 9.17) is 20.8 Å². The van der Waals surface area contributed by atoms with E-state index in [1.807, 2.05) is 11.8 Å². The first-order valence-electron chi connectivity index (χ1n) is 10.6. The molecule has 0 radical (unpaired) electrons. The van der Waals surface area contributed by atoms with E-state index in [-0.39, 0.29) is 16.4 Å². The predicted molar refractivity (Wildman–Crippen MR) is 127 cm³/mol. The first-order valence-corrected chi connectivity index (χ1v) is 11.0. The molecule has 174 valence electrons. The average Bonchev–Trinajstić information content (AvgIpc) is 2.77. The molecule has 2 aromatic carbocycles. The van der Waals surface area contributed by atoms with Crippen LogP contribution in [0.15, 0.2) is 45.6 Å². The summed E-state index contributed by atoms with van der Waals surface area (Å²) in [6, 6.07) is 8.44. The van der Waals surface area contributed by atoms with Gasteiger partial charge in [0.15, 0.2) is 11.3 Å². The van der Waals surface area contributed by atoms with Crippen LogP contribution in [0.3, 0.4) is 0 Å². The number of anilines is 2. The van der Waals surface area contributed by atoms with Crippen LogP contribution in [0.4, 0.5) is 16.0 Å². The number of halogens is 2. The quantitative estimate of drug-likeness (QED) is 0.595. The highest BCUT2D eigenvalue weighted by Gasteiger charge is 2.22. The number of hydrogen-bond donors (Lipinski definition) is 1. The van der Waals surface area contributed by atoms with Crippen molar-refractivity contribution in [2.75, 3.05) is 50.6 Å². The van der Waals surface area contributed by atoms with Crippen molar-refractivity contribution in [2.24, 2.45) is 0 Å². The zero-order valence-corrected chi connectivity index (χ0v) is 19.4. The third-order valence-corrected chi connectivity index (χ3v) is 5.75. The summed E-state index contributed by atoms with van der Waals surface area (Å²) in [6.07, 6.45) is 0. The van der Waals surface area contributed by atoms with Gasteiger partial charge in [-0.25, -0.2) is 4.39 Å². The summed E-state index contributed by atoms with van der Waals surface area (Å²) in [6.45, 7) is 4.15. The molecule has 0 bridgehead atoms. The molecule has 1 amide bonds. The standard InChI is InChI=1S/C24H25ClFN3O4/c1-14(27-18-11-16(25)10-17(26)12-18)19-8-15(24(31)28(2)3)9-20-21(30)13-22(33-23(19)20)29-4-6-32-7-5-29/h8-14,27H,4-7H2,1-3H3/t14-/m1/s1. The number of benzene rings is 2. The Morgan fingerprint density at radius 3 is 2.55 bits per heavy atom. The molecule has 0 saturated carbocycles. The SMILES string of the molecule is C[C@@H](Nc1cc(F)cc(Cl)c1)c1cc(C(=O)N(C)C)cc2c(=O)cc(N3CCOCC3)oc12. The lowest BCUT2D eigenvalue weighted by atomic mass is 10.00. The minimum absolute atomic E-state index is 0.240. The van der Waals surface area contributed by atoms with Crippen LogP contribution in [0.5, 0.6) is 0 Å². The van der Waals surface area contributed by atoms with Gasteiger partial charge < -0.3 is 24.3 Å². The smallest absolute Gasteiger partial charge is 0.253 e. The van der Waals surface area contributed by atoms with Gasteiger partial charge in [0.1, 0.15) is 11.4 Å². The predicted octanol–water partition coefficient (Wildman–Crippen LogP) is 4.30. The second kappa shape index (κ2) is 9.41. The molecule has 3 aromatic rings. The van der Waals surface area contributed by atoms with Gasteiger partial charge in [-0.1, -0.05) is 11.6 Å². The lowest BCUT2D eigenvalue weighted by Gasteiger charge is -2.27. The van der Waals surface area contributed by atoms with Crippen LogP contribution in [-0.4, -0.2) is 51.2 Å². The third kappa shape index (κ3) is 4.96. The molecule has 0 aliphatic carbocycles. The minimum atomic E-state index is -0.472. The van der Waals surface area contributed by atoms with Crippen LogP contribution in [0.1, 0.15) is 28.9 Å². The molecular weight excluding hydrogens is 449 g/mol. The Bertz CT molecular complexity index is 1230. The number of carbonyl (C=O) groups excluding carboxylic acids is 1. The fraction of sp³-hybridized carbons (Fsp3) is 0.333. The molecule has 2 heterocycles. The normalized spacial score (nSPS) is 14.9. The number of ether oxygens (including phenoxy) is 1. The number of nitrogens with one attached hydrogen (secondary N) is 1. The highest BCUT2D eigenvalue weighted by Crippen LogP contribution is 2.31. The number of fused-ring (bicyclic) bond motifs is 1. The van der Waals surface area contributed by atoms with Crippen molar-refractivity contribution in [3.8, 4) is 0 Å². The molecule has 33 heavy (non-hydrogen) atoms. The molecule has 9 heteroatoms.